The summed E-state index contributed by atoms with van der Waals surface area (Å²) in [6, 6.07) is 1.38. The summed E-state index contributed by atoms with van der Waals surface area (Å²) in [4.78, 5) is 0. The predicted molar refractivity (Wildman–Crippen MR) is 65.6 cm³/mol. The summed E-state index contributed by atoms with van der Waals surface area (Å²) >= 11 is 9.16. The number of fused-ring (bicyclic) bond motifs is 1. The first-order valence-electron chi connectivity index (χ1n) is 5.13. The van der Waals surface area contributed by atoms with Crippen LogP contribution in [0.3, 0.4) is 0 Å². The lowest BCUT2D eigenvalue weighted by Crippen LogP contribution is -2.29. The van der Waals surface area contributed by atoms with E-state index in [4.69, 9.17) is 16.3 Å². The third-order valence-electron chi connectivity index (χ3n) is 2.67. The van der Waals surface area contributed by atoms with Crippen LogP contribution in [0.4, 0.5) is 4.39 Å². The van der Waals surface area contributed by atoms with Crippen molar-refractivity contribution in [3.63, 3.8) is 0 Å². The Morgan fingerprint density at radius 2 is 2.31 bits per heavy atom. The van der Waals surface area contributed by atoms with Crippen LogP contribution in [0, 0.1) is 5.82 Å². The van der Waals surface area contributed by atoms with Gasteiger partial charge in [0.2, 0.25) is 0 Å². The molecular formula is C11H12BrClFNO. The van der Waals surface area contributed by atoms with E-state index in [1.165, 1.54) is 6.07 Å². The van der Waals surface area contributed by atoms with Gasteiger partial charge in [-0.3, -0.25) is 0 Å². The van der Waals surface area contributed by atoms with E-state index >= 15 is 0 Å². The van der Waals surface area contributed by atoms with Crippen molar-refractivity contribution in [1.29, 1.82) is 0 Å². The summed E-state index contributed by atoms with van der Waals surface area (Å²) in [5.74, 6) is 0.163. The largest absolute Gasteiger partial charge is 0.487 e. The second kappa shape index (κ2) is 4.51. The third kappa shape index (κ3) is 1.83. The molecule has 0 amide bonds. The van der Waals surface area contributed by atoms with Gasteiger partial charge < -0.3 is 10.1 Å². The van der Waals surface area contributed by atoms with Crippen LogP contribution in [-0.4, -0.2) is 12.6 Å². The van der Waals surface area contributed by atoms with E-state index < -0.39 is 5.82 Å². The molecule has 5 heteroatoms. The van der Waals surface area contributed by atoms with Crippen molar-refractivity contribution >= 4 is 27.5 Å². The topological polar surface area (TPSA) is 21.3 Å². The van der Waals surface area contributed by atoms with Crippen LogP contribution in [0.2, 0.25) is 5.02 Å². The Morgan fingerprint density at radius 1 is 1.62 bits per heavy atom. The van der Waals surface area contributed by atoms with Crippen molar-refractivity contribution in [3.8, 4) is 5.75 Å². The Kier molecular flexibility index (Phi) is 3.42. The van der Waals surface area contributed by atoms with Crippen molar-refractivity contribution in [3.05, 3.63) is 26.9 Å². The second-order valence-electron chi connectivity index (χ2n) is 3.76. The van der Waals surface area contributed by atoms with Crippen molar-refractivity contribution in [2.45, 2.75) is 26.0 Å². The molecule has 1 heterocycles. The molecule has 2 unspecified atom stereocenters. The number of ether oxygens (including phenoxy) is 1. The highest BCUT2D eigenvalue weighted by molar-refractivity contribution is 9.10. The number of nitrogens with one attached hydrogen (secondary N) is 1. The van der Waals surface area contributed by atoms with Crippen LogP contribution in [0.15, 0.2) is 10.5 Å². The molecule has 88 valence electrons. The summed E-state index contributed by atoms with van der Waals surface area (Å²) in [5, 5.41) is 3.32. The van der Waals surface area contributed by atoms with Gasteiger partial charge in [0.25, 0.3) is 0 Å². The SMILES string of the molecule is CCNC1c2c(F)c(Cl)cc(Br)c2OC1C. The number of benzene rings is 1. The average Bonchev–Trinajstić information content (AvgIpc) is 2.55. The molecule has 1 N–H and O–H groups in total. The molecule has 0 radical (unpaired) electrons. The molecule has 1 aromatic rings. The minimum atomic E-state index is -0.393. The molecule has 0 fully saturated rings. The highest BCUT2D eigenvalue weighted by atomic mass is 79.9. The highest BCUT2D eigenvalue weighted by Gasteiger charge is 2.36. The average molecular weight is 309 g/mol. The molecule has 1 aliphatic heterocycles. The van der Waals surface area contributed by atoms with E-state index in [-0.39, 0.29) is 17.2 Å². The van der Waals surface area contributed by atoms with Gasteiger partial charge in [0.05, 0.1) is 21.1 Å². The van der Waals surface area contributed by atoms with Gasteiger partial charge in [-0.15, -0.1) is 0 Å². The van der Waals surface area contributed by atoms with E-state index in [0.717, 1.165) is 6.54 Å². The summed E-state index contributed by atoms with van der Waals surface area (Å²) in [5.41, 5.74) is 0.522. The lowest BCUT2D eigenvalue weighted by molar-refractivity contribution is 0.209. The van der Waals surface area contributed by atoms with Gasteiger partial charge in [0, 0.05) is 0 Å². The molecule has 0 spiro atoms. The molecule has 0 saturated carbocycles. The molecule has 1 aromatic carbocycles. The van der Waals surface area contributed by atoms with E-state index in [2.05, 4.69) is 21.2 Å². The molecule has 2 rings (SSSR count). The first-order valence-corrected chi connectivity index (χ1v) is 6.30. The fourth-order valence-corrected chi connectivity index (χ4v) is 2.85. The number of likely N-dealkylation sites (N-methyl/N-ethyl adjacent to an activating group) is 1. The zero-order valence-corrected chi connectivity index (χ0v) is 11.3. The number of hydrogen-bond donors (Lipinski definition) is 1. The normalized spacial score (nSPS) is 23.1. The zero-order valence-electron chi connectivity index (χ0n) is 8.98. The molecular weight excluding hydrogens is 296 g/mol. The summed E-state index contributed by atoms with van der Waals surface area (Å²) in [7, 11) is 0. The Morgan fingerprint density at radius 3 is 2.94 bits per heavy atom. The Labute approximate surface area is 107 Å². The zero-order chi connectivity index (χ0) is 11.9. The minimum absolute atomic E-state index is 0.0979. The molecule has 16 heavy (non-hydrogen) atoms. The smallest absolute Gasteiger partial charge is 0.150 e. The van der Waals surface area contributed by atoms with Gasteiger partial charge in [-0.1, -0.05) is 18.5 Å². The molecule has 0 saturated heterocycles. The van der Waals surface area contributed by atoms with Gasteiger partial charge in [-0.05, 0) is 35.5 Å². The molecule has 0 bridgehead atoms. The standard InChI is InChI=1S/C11H12BrClFNO/c1-3-15-10-5(2)16-11-6(12)4-7(13)9(14)8(10)11/h4-5,10,15H,3H2,1-2H3. The lowest BCUT2D eigenvalue weighted by atomic mass is 10.0. The van der Waals surface area contributed by atoms with E-state index in [0.29, 0.717) is 15.8 Å². The number of halogens is 3. The van der Waals surface area contributed by atoms with Gasteiger partial charge in [0.1, 0.15) is 17.7 Å². The molecule has 0 aliphatic carbocycles. The second-order valence-corrected chi connectivity index (χ2v) is 5.02. The van der Waals surface area contributed by atoms with Crippen LogP contribution in [-0.2, 0) is 0 Å². The van der Waals surface area contributed by atoms with Crippen molar-refractivity contribution in [1.82, 2.24) is 5.32 Å². The van der Waals surface area contributed by atoms with E-state index in [9.17, 15) is 4.39 Å². The molecule has 0 aromatic heterocycles. The maximum atomic E-state index is 14.0. The van der Waals surface area contributed by atoms with Crippen LogP contribution in [0.1, 0.15) is 25.5 Å². The van der Waals surface area contributed by atoms with Gasteiger partial charge in [0.15, 0.2) is 0 Å². The van der Waals surface area contributed by atoms with E-state index in [1.54, 1.807) is 0 Å². The first kappa shape index (κ1) is 12.1. The molecule has 2 atom stereocenters. The lowest BCUT2D eigenvalue weighted by Gasteiger charge is -2.15. The summed E-state index contributed by atoms with van der Waals surface area (Å²) in [6.45, 7) is 4.64. The maximum Gasteiger partial charge on any atom is 0.150 e. The van der Waals surface area contributed by atoms with Crippen LogP contribution in [0.25, 0.3) is 0 Å². The molecule has 2 nitrogen and oxygen atoms in total. The van der Waals surface area contributed by atoms with Gasteiger partial charge in [-0.25, -0.2) is 4.39 Å². The van der Waals surface area contributed by atoms with Gasteiger partial charge >= 0.3 is 0 Å². The Balaban J connectivity index is 2.54. The third-order valence-corrected chi connectivity index (χ3v) is 3.53. The number of hydrogen-bond acceptors (Lipinski definition) is 2. The van der Waals surface area contributed by atoms with E-state index in [1.807, 2.05) is 13.8 Å². The Bertz CT molecular complexity index is 427. The summed E-state index contributed by atoms with van der Waals surface area (Å²) < 4.78 is 20.3. The van der Waals surface area contributed by atoms with Crippen molar-refractivity contribution in [2.24, 2.45) is 0 Å². The molecule has 1 aliphatic rings. The van der Waals surface area contributed by atoms with Crippen LogP contribution < -0.4 is 10.1 Å². The summed E-state index contributed by atoms with van der Waals surface area (Å²) in [6.07, 6.45) is -0.0979. The fourth-order valence-electron chi connectivity index (χ4n) is 1.97. The van der Waals surface area contributed by atoms with Crippen LogP contribution >= 0.6 is 27.5 Å². The Hall–Kier alpha value is -0.320. The fraction of sp³-hybridized carbons (Fsp3) is 0.455. The monoisotopic (exact) mass is 307 g/mol. The highest BCUT2D eigenvalue weighted by Crippen LogP contribution is 2.45. The van der Waals surface area contributed by atoms with Gasteiger partial charge in [-0.2, -0.15) is 0 Å². The van der Waals surface area contributed by atoms with Crippen molar-refractivity contribution in [2.75, 3.05) is 6.54 Å². The number of rotatable bonds is 2. The van der Waals surface area contributed by atoms with Crippen molar-refractivity contribution < 1.29 is 9.13 Å². The maximum absolute atomic E-state index is 14.0. The quantitative estimate of drug-likeness (QED) is 0.842. The predicted octanol–water partition coefficient (Wildman–Crippen LogP) is 3.67. The minimum Gasteiger partial charge on any atom is -0.487 e. The first-order chi connectivity index (χ1) is 7.56. The van der Waals surface area contributed by atoms with Crippen LogP contribution in [0.5, 0.6) is 5.75 Å².